The summed E-state index contributed by atoms with van der Waals surface area (Å²) in [5.74, 6) is -0.594. The summed E-state index contributed by atoms with van der Waals surface area (Å²) >= 11 is 0. The van der Waals surface area contributed by atoms with Crippen LogP contribution in [0, 0.1) is 25.4 Å². The van der Waals surface area contributed by atoms with Gasteiger partial charge in [0.15, 0.2) is 0 Å². The summed E-state index contributed by atoms with van der Waals surface area (Å²) in [4.78, 5) is 11.2. The van der Waals surface area contributed by atoms with Crippen molar-refractivity contribution in [3.8, 4) is 6.26 Å². The zero-order valence-corrected chi connectivity index (χ0v) is 7.50. The van der Waals surface area contributed by atoms with Gasteiger partial charge >= 0.3 is 5.97 Å². The van der Waals surface area contributed by atoms with Gasteiger partial charge in [0, 0.05) is 0 Å². The number of hydrogen-bond acceptors (Lipinski definition) is 3. The third kappa shape index (κ3) is 1.85. The summed E-state index contributed by atoms with van der Waals surface area (Å²) in [7, 11) is 0. The molecule has 3 heteroatoms. The molecule has 0 spiro atoms. The monoisotopic (exact) mass is 175 g/mol. The van der Waals surface area contributed by atoms with Crippen molar-refractivity contribution in [1.82, 2.24) is 0 Å². The number of carbonyl (C=O) groups excluding carboxylic acids is 1. The molecule has 0 N–H and O–H groups in total. The Balaban J connectivity index is 3.09. The van der Waals surface area contributed by atoms with Crippen LogP contribution in [0.3, 0.4) is 0 Å². The van der Waals surface area contributed by atoms with Crippen LogP contribution in [-0.2, 0) is 4.74 Å². The van der Waals surface area contributed by atoms with Crippen molar-refractivity contribution in [2.45, 2.75) is 13.8 Å². The highest BCUT2D eigenvalue weighted by Crippen LogP contribution is 2.13. The molecule has 13 heavy (non-hydrogen) atoms. The lowest BCUT2D eigenvalue weighted by atomic mass is 10.0. The van der Waals surface area contributed by atoms with Crippen LogP contribution < -0.4 is 0 Å². The minimum atomic E-state index is -0.594. The molecule has 66 valence electrons. The fourth-order valence-corrected chi connectivity index (χ4v) is 1.07. The number of nitrogens with zero attached hydrogens (tertiary/aromatic N) is 1. The molecule has 0 amide bonds. The predicted octanol–water partition coefficient (Wildman–Crippen LogP) is 1.94. The fraction of sp³-hybridized carbons (Fsp3) is 0.200. The average molecular weight is 175 g/mol. The lowest BCUT2D eigenvalue weighted by Gasteiger charge is -2.03. The maximum absolute atomic E-state index is 11.2. The minimum absolute atomic E-state index is 0.446. The van der Waals surface area contributed by atoms with E-state index in [-0.39, 0.29) is 0 Å². The van der Waals surface area contributed by atoms with Gasteiger partial charge in [0.2, 0.25) is 0 Å². The number of hydrogen-bond donors (Lipinski definition) is 0. The SMILES string of the molecule is Cc1cccc(C(=O)OC#N)c1C. The maximum Gasteiger partial charge on any atom is 0.353 e. The van der Waals surface area contributed by atoms with Crippen LogP contribution in [0.4, 0.5) is 0 Å². The van der Waals surface area contributed by atoms with Crippen LogP contribution in [0.15, 0.2) is 18.2 Å². The second kappa shape index (κ2) is 3.72. The maximum atomic E-state index is 11.2. The standard InChI is InChI=1S/C10H9NO2/c1-7-4-3-5-9(8(7)2)10(12)13-6-11/h3-5H,1-2H3. The summed E-state index contributed by atoms with van der Waals surface area (Å²) in [5, 5.41) is 8.17. The fourth-order valence-electron chi connectivity index (χ4n) is 1.07. The van der Waals surface area contributed by atoms with E-state index in [0.29, 0.717) is 5.56 Å². The Kier molecular flexibility index (Phi) is 2.65. The van der Waals surface area contributed by atoms with E-state index >= 15 is 0 Å². The molecule has 0 unspecified atom stereocenters. The molecule has 1 aromatic rings. The van der Waals surface area contributed by atoms with Gasteiger partial charge < -0.3 is 4.74 Å². The van der Waals surface area contributed by atoms with Gasteiger partial charge in [0.1, 0.15) is 0 Å². The Morgan fingerprint density at radius 1 is 1.46 bits per heavy atom. The van der Waals surface area contributed by atoms with E-state index in [1.54, 1.807) is 12.1 Å². The smallest absolute Gasteiger partial charge is 0.347 e. The zero-order chi connectivity index (χ0) is 9.84. The van der Waals surface area contributed by atoms with Crippen LogP contribution in [-0.4, -0.2) is 5.97 Å². The lowest BCUT2D eigenvalue weighted by Crippen LogP contribution is -2.04. The molecule has 0 saturated carbocycles. The summed E-state index contributed by atoms with van der Waals surface area (Å²) in [6.45, 7) is 3.72. The Hall–Kier alpha value is -1.82. The minimum Gasteiger partial charge on any atom is -0.347 e. The lowest BCUT2D eigenvalue weighted by molar-refractivity contribution is 0.0684. The Morgan fingerprint density at radius 3 is 2.77 bits per heavy atom. The number of ether oxygens (including phenoxy) is 1. The van der Waals surface area contributed by atoms with Crippen molar-refractivity contribution >= 4 is 5.97 Å². The molecule has 0 radical (unpaired) electrons. The van der Waals surface area contributed by atoms with Gasteiger partial charge in [0.25, 0.3) is 6.26 Å². The van der Waals surface area contributed by atoms with Crippen LogP contribution in [0.25, 0.3) is 0 Å². The first-order valence-corrected chi connectivity index (χ1v) is 3.83. The quantitative estimate of drug-likeness (QED) is 0.484. The predicted molar refractivity (Wildman–Crippen MR) is 46.9 cm³/mol. The van der Waals surface area contributed by atoms with Gasteiger partial charge in [-0.25, -0.2) is 4.79 Å². The second-order valence-corrected chi connectivity index (χ2v) is 2.73. The number of aryl methyl sites for hydroxylation is 1. The molecule has 1 aromatic carbocycles. The van der Waals surface area contributed by atoms with Crippen LogP contribution in [0.2, 0.25) is 0 Å². The number of carbonyl (C=O) groups is 1. The number of benzene rings is 1. The van der Waals surface area contributed by atoms with E-state index in [2.05, 4.69) is 4.74 Å². The van der Waals surface area contributed by atoms with E-state index in [4.69, 9.17) is 5.26 Å². The van der Waals surface area contributed by atoms with Crippen molar-refractivity contribution < 1.29 is 9.53 Å². The van der Waals surface area contributed by atoms with E-state index in [9.17, 15) is 4.79 Å². The molecule has 0 fully saturated rings. The number of rotatable bonds is 1. The van der Waals surface area contributed by atoms with Gasteiger partial charge in [-0.15, -0.1) is 5.26 Å². The Labute approximate surface area is 76.6 Å². The molecule has 0 aliphatic heterocycles. The molecule has 3 nitrogen and oxygen atoms in total. The van der Waals surface area contributed by atoms with E-state index < -0.39 is 5.97 Å². The van der Waals surface area contributed by atoms with Crippen LogP contribution in [0.1, 0.15) is 21.5 Å². The van der Waals surface area contributed by atoms with Crippen molar-refractivity contribution in [3.63, 3.8) is 0 Å². The van der Waals surface area contributed by atoms with E-state index in [1.165, 1.54) is 6.26 Å². The largest absolute Gasteiger partial charge is 0.353 e. The first kappa shape index (κ1) is 9.27. The van der Waals surface area contributed by atoms with Crippen LogP contribution >= 0.6 is 0 Å². The van der Waals surface area contributed by atoms with Crippen molar-refractivity contribution in [3.05, 3.63) is 34.9 Å². The number of esters is 1. The number of nitriles is 1. The van der Waals surface area contributed by atoms with Crippen molar-refractivity contribution in [2.24, 2.45) is 0 Å². The third-order valence-corrected chi connectivity index (χ3v) is 1.96. The highest BCUT2D eigenvalue weighted by atomic mass is 16.5. The molecule has 0 heterocycles. The normalized spacial score (nSPS) is 9.00. The van der Waals surface area contributed by atoms with Gasteiger partial charge in [-0.3, -0.25) is 0 Å². The molecule has 0 aliphatic rings. The zero-order valence-electron chi connectivity index (χ0n) is 7.50. The molecular formula is C10H9NO2. The van der Waals surface area contributed by atoms with Gasteiger partial charge in [0.05, 0.1) is 5.56 Å². The van der Waals surface area contributed by atoms with Gasteiger partial charge in [-0.1, -0.05) is 12.1 Å². The molecule has 0 saturated heterocycles. The Morgan fingerprint density at radius 2 is 2.15 bits per heavy atom. The van der Waals surface area contributed by atoms with Gasteiger partial charge in [-0.2, -0.15) is 0 Å². The molecule has 0 aromatic heterocycles. The van der Waals surface area contributed by atoms with E-state index in [1.807, 2.05) is 19.9 Å². The highest BCUT2D eigenvalue weighted by Gasteiger charge is 2.10. The first-order chi connectivity index (χ1) is 6.16. The molecule has 1 rings (SSSR count). The summed E-state index contributed by atoms with van der Waals surface area (Å²) < 4.78 is 4.23. The average Bonchev–Trinajstić information content (AvgIpc) is 2.10. The van der Waals surface area contributed by atoms with E-state index in [0.717, 1.165) is 11.1 Å². The first-order valence-electron chi connectivity index (χ1n) is 3.83. The van der Waals surface area contributed by atoms with Crippen LogP contribution in [0.5, 0.6) is 0 Å². The molecule has 0 atom stereocenters. The van der Waals surface area contributed by atoms with Crippen molar-refractivity contribution in [2.75, 3.05) is 0 Å². The second-order valence-electron chi connectivity index (χ2n) is 2.73. The molecule has 0 bridgehead atoms. The van der Waals surface area contributed by atoms with Gasteiger partial charge in [-0.05, 0) is 31.0 Å². The topological polar surface area (TPSA) is 50.1 Å². The molecular weight excluding hydrogens is 166 g/mol. The van der Waals surface area contributed by atoms with Crippen molar-refractivity contribution in [1.29, 1.82) is 5.26 Å². The Bertz CT molecular complexity index is 377. The summed E-state index contributed by atoms with van der Waals surface area (Å²) in [5.41, 5.74) is 2.30. The highest BCUT2D eigenvalue weighted by molar-refractivity contribution is 5.91. The molecule has 0 aliphatic carbocycles. The summed E-state index contributed by atoms with van der Waals surface area (Å²) in [6.07, 6.45) is 1.36. The summed E-state index contributed by atoms with van der Waals surface area (Å²) in [6, 6.07) is 5.30. The third-order valence-electron chi connectivity index (χ3n) is 1.96.